The summed E-state index contributed by atoms with van der Waals surface area (Å²) in [6.45, 7) is 5.78. The van der Waals surface area contributed by atoms with Crippen LogP contribution in [-0.4, -0.2) is 29.0 Å². The van der Waals surface area contributed by atoms with Crippen LogP contribution in [0, 0.1) is 17.0 Å². The van der Waals surface area contributed by atoms with Gasteiger partial charge >= 0.3 is 6.03 Å². The first kappa shape index (κ1) is 25.3. The van der Waals surface area contributed by atoms with Gasteiger partial charge in [0.15, 0.2) is 0 Å². The Kier molecular flexibility index (Phi) is 6.52. The number of fused-ring (bicyclic) bond motifs is 1. The molecule has 5 rings (SSSR count). The third-order valence-electron chi connectivity index (χ3n) is 8.21. The number of amides is 2. The number of aliphatic hydroxyl groups is 1. The Bertz CT molecular complexity index is 1310. The highest BCUT2D eigenvalue weighted by atomic mass is 19.1. The molecule has 2 aliphatic carbocycles. The van der Waals surface area contributed by atoms with E-state index in [1.165, 1.54) is 23.8 Å². The van der Waals surface area contributed by atoms with Crippen molar-refractivity contribution in [3.8, 4) is 0 Å². The molecular formula is C30H33F2N3O2. The van der Waals surface area contributed by atoms with Crippen LogP contribution < -0.4 is 10.6 Å². The van der Waals surface area contributed by atoms with Crippen molar-refractivity contribution in [1.29, 1.82) is 0 Å². The minimum absolute atomic E-state index is 0.0770. The van der Waals surface area contributed by atoms with Crippen molar-refractivity contribution in [3.63, 3.8) is 0 Å². The minimum Gasteiger partial charge on any atom is -0.389 e. The third kappa shape index (κ3) is 4.61. The Morgan fingerprint density at radius 1 is 1.19 bits per heavy atom. The van der Waals surface area contributed by atoms with Crippen LogP contribution in [0.5, 0.6) is 0 Å². The number of para-hydroxylation sites is 1. The number of aryl methyl sites for hydroxylation is 1. The molecule has 5 nitrogen and oxygen atoms in total. The van der Waals surface area contributed by atoms with Crippen LogP contribution in [0.15, 0.2) is 70.3 Å². The summed E-state index contributed by atoms with van der Waals surface area (Å²) < 4.78 is 28.1. The Balaban J connectivity index is 1.35. The molecule has 1 aliphatic heterocycles. The van der Waals surface area contributed by atoms with Crippen LogP contribution in [0.25, 0.3) is 0 Å². The summed E-state index contributed by atoms with van der Waals surface area (Å²) in [7, 11) is 0. The Labute approximate surface area is 216 Å². The first-order valence-corrected chi connectivity index (χ1v) is 12.9. The molecule has 194 valence electrons. The normalized spacial score (nSPS) is 26.2. The number of rotatable bonds is 6. The summed E-state index contributed by atoms with van der Waals surface area (Å²) in [4.78, 5) is 17.0. The summed E-state index contributed by atoms with van der Waals surface area (Å²) in [6.07, 6.45) is 6.98. The topological polar surface area (TPSA) is 73.7 Å². The van der Waals surface area contributed by atoms with Gasteiger partial charge in [-0.05, 0) is 86.4 Å². The lowest BCUT2D eigenvalue weighted by molar-refractivity contribution is -0.0458. The van der Waals surface area contributed by atoms with Gasteiger partial charge in [-0.3, -0.25) is 4.99 Å². The maximum atomic E-state index is 14.7. The first-order valence-electron chi connectivity index (χ1n) is 12.9. The number of urea groups is 1. The molecule has 3 aliphatic rings. The van der Waals surface area contributed by atoms with E-state index in [2.05, 4.69) is 23.6 Å². The highest BCUT2D eigenvalue weighted by Gasteiger charge is 2.55. The van der Waals surface area contributed by atoms with Gasteiger partial charge in [0.1, 0.15) is 17.7 Å². The molecule has 1 saturated carbocycles. The van der Waals surface area contributed by atoms with Crippen molar-refractivity contribution in [2.75, 3.05) is 5.32 Å². The number of nitrogens with zero attached hydrogens (tertiary/aromatic N) is 1. The number of aliphatic imine (C=N–C) groups is 1. The van der Waals surface area contributed by atoms with E-state index in [-0.39, 0.29) is 23.6 Å². The summed E-state index contributed by atoms with van der Waals surface area (Å²) >= 11 is 0. The van der Waals surface area contributed by atoms with Crippen molar-refractivity contribution >= 4 is 17.9 Å². The van der Waals surface area contributed by atoms with Crippen molar-refractivity contribution in [2.45, 2.75) is 70.6 Å². The maximum absolute atomic E-state index is 14.7. The number of hydrogen-bond acceptors (Lipinski definition) is 3. The number of carbonyl (C=O) groups is 1. The first-order chi connectivity index (χ1) is 17.6. The monoisotopic (exact) mass is 505 g/mol. The van der Waals surface area contributed by atoms with Crippen molar-refractivity contribution in [2.24, 2.45) is 10.4 Å². The minimum atomic E-state index is -0.983. The molecule has 37 heavy (non-hydrogen) atoms. The third-order valence-corrected chi connectivity index (χ3v) is 8.21. The van der Waals surface area contributed by atoms with Gasteiger partial charge in [0, 0.05) is 17.7 Å². The fraction of sp³-hybridized carbons (Fsp3) is 0.400. The highest BCUT2D eigenvalue weighted by Crippen LogP contribution is 2.59. The zero-order valence-electron chi connectivity index (χ0n) is 21.4. The summed E-state index contributed by atoms with van der Waals surface area (Å²) in [5, 5.41) is 17.3. The molecule has 0 spiro atoms. The SMILES string of the molecule is CC(C)NC(=O)Nc1c(F)cccc1CCC1(O)CCC2=CC3=C(C=NC3c3ccc(F)cc3)CC21C. The Hall–Kier alpha value is -3.32. The van der Waals surface area contributed by atoms with Gasteiger partial charge in [0.2, 0.25) is 0 Å². The van der Waals surface area contributed by atoms with Crippen LogP contribution in [0.3, 0.4) is 0 Å². The second kappa shape index (κ2) is 9.53. The standard InChI is InChI=1S/C30H33F2N3O2/c1-18(2)34-28(36)35-27-19(5-4-6-25(27)32)11-13-30(37)14-12-22-15-24-21(16-29(22,30)3)17-33-26(24)20-7-9-23(31)10-8-20/h4-10,15,17-18,26,37H,11-14,16H2,1-3H3,(H2,34,35,36). The predicted molar refractivity (Wildman–Crippen MR) is 142 cm³/mol. The lowest BCUT2D eigenvalue weighted by atomic mass is 9.64. The van der Waals surface area contributed by atoms with Crippen LogP contribution in [-0.2, 0) is 6.42 Å². The summed E-state index contributed by atoms with van der Waals surface area (Å²) in [6, 6.07) is 10.5. The molecule has 2 aromatic carbocycles. The van der Waals surface area contributed by atoms with E-state index in [4.69, 9.17) is 4.99 Å². The van der Waals surface area contributed by atoms with Gasteiger partial charge in [0.25, 0.3) is 0 Å². The molecule has 2 aromatic rings. The fourth-order valence-corrected chi connectivity index (χ4v) is 6.07. The molecular weight excluding hydrogens is 472 g/mol. The Morgan fingerprint density at radius 3 is 2.68 bits per heavy atom. The van der Waals surface area contributed by atoms with Crippen LogP contribution >= 0.6 is 0 Å². The molecule has 2 amide bonds. The van der Waals surface area contributed by atoms with E-state index in [0.29, 0.717) is 31.2 Å². The van der Waals surface area contributed by atoms with E-state index >= 15 is 0 Å². The zero-order valence-corrected chi connectivity index (χ0v) is 21.4. The largest absolute Gasteiger partial charge is 0.389 e. The van der Waals surface area contributed by atoms with Gasteiger partial charge in [-0.1, -0.05) is 42.8 Å². The number of benzene rings is 2. The van der Waals surface area contributed by atoms with Crippen LogP contribution in [0.2, 0.25) is 0 Å². The predicted octanol–water partition coefficient (Wildman–Crippen LogP) is 6.41. The second-order valence-corrected chi connectivity index (χ2v) is 11.0. The maximum Gasteiger partial charge on any atom is 0.319 e. The molecule has 0 aromatic heterocycles. The number of hydrogen-bond donors (Lipinski definition) is 3. The van der Waals surface area contributed by atoms with Crippen molar-refractivity contribution in [1.82, 2.24) is 5.32 Å². The number of halogens is 2. The van der Waals surface area contributed by atoms with Gasteiger partial charge in [-0.15, -0.1) is 0 Å². The Morgan fingerprint density at radius 2 is 1.95 bits per heavy atom. The molecule has 1 fully saturated rings. The van der Waals surface area contributed by atoms with E-state index in [1.54, 1.807) is 24.3 Å². The van der Waals surface area contributed by atoms with Gasteiger partial charge in [-0.25, -0.2) is 13.6 Å². The van der Waals surface area contributed by atoms with E-state index in [0.717, 1.165) is 23.1 Å². The average molecular weight is 506 g/mol. The van der Waals surface area contributed by atoms with Gasteiger partial charge in [0.05, 0.1) is 11.3 Å². The molecule has 0 bridgehead atoms. The molecule has 0 saturated heterocycles. The molecule has 0 radical (unpaired) electrons. The lowest BCUT2D eigenvalue weighted by Gasteiger charge is -2.43. The number of allylic oxidation sites excluding steroid dienone is 1. The molecule has 1 heterocycles. The van der Waals surface area contributed by atoms with E-state index < -0.39 is 22.9 Å². The van der Waals surface area contributed by atoms with E-state index in [1.807, 2.05) is 20.1 Å². The highest BCUT2D eigenvalue weighted by molar-refractivity contribution is 5.90. The number of nitrogens with one attached hydrogen (secondary N) is 2. The zero-order chi connectivity index (χ0) is 26.4. The number of carbonyl (C=O) groups excluding carboxylic acids is 1. The summed E-state index contributed by atoms with van der Waals surface area (Å²) in [5.74, 6) is -0.768. The number of anilines is 1. The second-order valence-electron chi connectivity index (χ2n) is 11.0. The average Bonchev–Trinajstić information content (AvgIpc) is 3.35. The molecule has 3 atom stereocenters. The summed E-state index contributed by atoms with van der Waals surface area (Å²) in [5.41, 5.74) is 3.72. The quantitative estimate of drug-likeness (QED) is 0.424. The van der Waals surface area contributed by atoms with Crippen molar-refractivity contribution in [3.05, 3.63) is 88.0 Å². The molecule has 3 N–H and O–H groups in total. The molecule has 7 heteroatoms. The lowest BCUT2D eigenvalue weighted by Crippen LogP contribution is -2.44. The van der Waals surface area contributed by atoms with Gasteiger partial charge in [-0.2, -0.15) is 0 Å². The smallest absolute Gasteiger partial charge is 0.319 e. The van der Waals surface area contributed by atoms with E-state index in [9.17, 15) is 18.7 Å². The fourth-order valence-electron chi connectivity index (χ4n) is 6.07. The molecule has 3 unspecified atom stereocenters. The van der Waals surface area contributed by atoms with Crippen molar-refractivity contribution < 1.29 is 18.7 Å². The van der Waals surface area contributed by atoms with Crippen LogP contribution in [0.4, 0.5) is 19.3 Å². The van der Waals surface area contributed by atoms with Gasteiger partial charge < -0.3 is 15.7 Å². The van der Waals surface area contributed by atoms with Crippen LogP contribution in [0.1, 0.15) is 63.6 Å².